The first-order valence-corrected chi connectivity index (χ1v) is 6.80. The van der Waals surface area contributed by atoms with E-state index < -0.39 is 29.9 Å². The third-order valence-electron chi connectivity index (χ3n) is 4.07. The lowest BCUT2D eigenvalue weighted by molar-refractivity contribution is -0.161. The van der Waals surface area contributed by atoms with Crippen LogP contribution in [0.2, 0.25) is 0 Å². The van der Waals surface area contributed by atoms with Crippen molar-refractivity contribution in [2.75, 3.05) is 13.1 Å². The van der Waals surface area contributed by atoms with Gasteiger partial charge in [-0.2, -0.15) is 0 Å². The number of aliphatic carboxylic acids is 2. The van der Waals surface area contributed by atoms with Gasteiger partial charge < -0.3 is 19.8 Å². The van der Waals surface area contributed by atoms with Crippen LogP contribution >= 0.6 is 0 Å². The molecule has 0 aliphatic carbocycles. The van der Waals surface area contributed by atoms with Crippen molar-refractivity contribution in [1.29, 1.82) is 0 Å². The molecule has 2 aliphatic heterocycles. The van der Waals surface area contributed by atoms with Gasteiger partial charge in [0.1, 0.15) is 6.10 Å². The van der Waals surface area contributed by atoms with Gasteiger partial charge in [0.25, 0.3) is 5.91 Å². The molecule has 1 amide bonds. The molecule has 2 heterocycles. The molecule has 0 spiro atoms. The predicted molar refractivity (Wildman–Crippen MR) is 67.0 cm³/mol. The molecule has 2 aliphatic rings. The molecular weight excluding hydrogens is 266 g/mol. The summed E-state index contributed by atoms with van der Waals surface area (Å²) >= 11 is 0. The third kappa shape index (κ3) is 2.92. The second kappa shape index (κ2) is 5.78. The second-order valence-electron chi connectivity index (χ2n) is 5.48. The summed E-state index contributed by atoms with van der Waals surface area (Å²) in [4.78, 5) is 35.9. The van der Waals surface area contributed by atoms with Crippen LogP contribution in [-0.2, 0) is 19.1 Å². The lowest BCUT2D eigenvalue weighted by Crippen LogP contribution is -2.51. The maximum atomic E-state index is 12.3. The van der Waals surface area contributed by atoms with Gasteiger partial charge in [-0.1, -0.05) is 0 Å². The summed E-state index contributed by atoms with van der Waals surface area (Å²) < 4.78 is 5.49. The van der Waals surface area contributed by atoms with E-state index in [1.807, 2.05) is 6.92 Å². The van der Waals surface area contributed by atoms with E-state index in [1.54, 1.807) is 0 Å². The van der Waals surface area contributed by atoms with Crippen LogP contribution in [0.3, 0.4) is 0 Å². The van der Waals surface area contributed by atoms with Crippen LogP contribution in [0.25, 0.3) is 0 Å². The minimum atomic E-state index is -1.17. The fraction of sp³-hybridized carbons (Fsp3) is 0.769. The Morgan fingerprint density at radius 2 is 1.70 bits per heavy atom. The van der Waals surface area contributed by atoms with Gasteiger partial charge in [0.05, 0.1) is 17.9 Å². The van der Waals surface area contributed by atoms with Crippen LogP contribution in [0.4, 0.5) is 0 Å². The molecule has 7 heteroatoms. The average Bonchev–Trinajstić information content (AvgIpc) is 2.83. The lowest BCUT2D eigenvalue weighted by Gasteiger charge is -2.35. The molecule has 0 aromatic heterocycles. The largest absolute Gasteiger partial charge is 0.481 e. The van der Waals surface area contributed by atoms with Crippen LogP contribution in [0.1, 0.15) is 26.2 Å². The van der Waals surface area contributed by atoms with Gasteiger partial charge >= 0.3 is 11.9 Å². The second-order valence-corrected chi connectivity index (χ2v) is 5.48. The number of piperidine rings is 1. The van der Waals surface area contributed by atoms with Crippen molar-refractivity contribution in [2.24, 2.45) is 11.8 Å². The van der Waals surface area contributed by atoms with Crippen molar-refractivity contribution in [2.45, 2.75) is 38.4 Å². The van der Waals surface area contributed by atoms with Gasteiger partial charge in [-0.25, -0.2) is 0 Å². The van der Waals surface area contributed by atoms with Gasteiger partial charge in [-0.05, 0) is 26.2 Å². The van der Waals surface area contributed by atoms with Crippen molar-refractivity contribution >= 4 is 17.8 Å². The standard InChI is InChI=1S/C13H19NO6/c1-7-2-3-10(20-7)11(15)14-5-4-8(12(16)17)9(6-14)13(18)19/h7-10H,2-6H2,1H3,(H,16,17)(H,18,19). The van der Waals surface area contributed by atoms with E-state index in [-0.39, 0.29) is 31.5 Å². The first kappa shape index (κ1) is 14.8. The smallest absolute Gasteiger partial charge is 0.309 e. The summed E-state index contributed by atoms with van der Waals surface area (Å²) in [5.74, 6) is -4.49. The molecule has 0 aromatic carbocycles. The number of ether oxygens (including phenoxy) is 1. The van der Waals surface area contributed by atoms with E-state index in [4.69, 9.17) is 14.9 Å². The molecule has 0 aromatic rings. The molecule has 7 nitrogen and oxygen atoms in total. The van der Waals surface area contributed by atoms with Gasteiger partial charge in [-0.3, -0.25) is 14.4 Å². The molecule has 112 valence electrons. The highest BCUT2D eigenvalue weighted by atomic mass is 16.5. The number of carbonyl (C=O) groups excluding carboxylic acids is 1. The molecule has 20 heavy (non-hydrogen) atoms. The fourth-order valence-electron chi connectivity index (χ4n) is 2.89. The summed E-state index contributed by atoms with van der Waals surface area (Å²) in [5.41, 5.74) is 0. The minimum absolute atomic E-state index is 0.0378. The predicted octanol–water partition coefficient (Wildman–Crippen LogP) is 0.188. The monoisotopic (exact) mass is 285 g/mol. The Morgan fingerprint density at radius 1 is 1.05 bits per heavy atom. The number of amides is 1. The van der Waals surface area contributed by atoms with Gasteiger partial charge in [0.15, 0.2) is 0 Å². The number of nitrogens with zero attached hydrogens (tertiary/aromatic N) is 1. The topological polar surface area (TPSA) is 104 Å². The van der Waals surface area contributed by atoms with E-state index in [1.165, 1.54) is 4.90 Å². The summed E-state index contributed by atoms with van der Waals surface area (Å²) in [6.07, 6.45) is 1.14. The zero-order chi connectivity index (χ0) is 14.9. The molecule has 2 saturated heterocycles. The van der Waals surface area contributed by atoms with Crippen LogP contribution in [0.5, 0.6) is 0 Å². The van der Waals surface area contributed by atoms with Crippen molar-refractivity contribution < 1.29 is 29.3 Å². The SMILES string of the molecule is CC1CCC(C(=O)N2CCC(C(=O)O)C(C(=O)O)C2)O1. The van der Waals surface area contributed by atoms with E-state index in [0.717, 1.165) is 6.42 Å². The van der Waals surface area contributed by atoms with Gasteiger partial charge in [0.2, 0.25) is 0 Å². The fourth-order valence-corrected chi connectivity index (χ4v) is 2.89. The van der Waals surface area contributed by atoms with Gasteiger partial charge in [0, 0.05) is 13.1 Å². The third-order valence-corrected chi connectivity index (χ3v) is 4.07. The zero-order valence-electron chi connectivity index (χ0n) is 11.3. The number of hydrogen-bond acceptors (Lipinski definition) is 4. The number of likely N-dealkylation sites (tertiary alicyclic amines) is 1. The molecule has 4 unspecified atom stereocenters. The number of carboxylic acid groups (broad SMARTS) is 2. The quantitative estimate of drug-likeness (QED) is 0.767. The number of hydrogen-bond donors (Lipinski definition) is 2. The number of rotatable bonds is 3. The Bertz CT molecular complexity index is 423. The van der Waals surface area contributed by atoms with E-state index >= 15 is 0 Å². The van der Waals surface area contributed by atoms with E-state index in [0.29, 0.717) is 6.42 Å². The van der Waals surface area contributed by atoms with Crippen molar-refractivity contribution in [3.8, 4) is 0 Å². The first-order chi connectivity index (χ1) is 9.40. The molecule has 0 radical (unpaired) electrons. The van der Waals surface area contributed by atoms with Crippen LogP contribution in [0.15, 0.2) is 0 Å². The summed E-state index contributed by atoms with van der Waals surface area (Å²) in [6, 6.07) is 0. The highest BCUT2D eigenvalue weighted by Gasteiger charge is 2.42. The minimum Gasteiger partial charge on any atom is -0.481 e. The highest BCUT2D eigenvalue weighted by molar-refractivity contribution is 5.84. The van der Waals surface area contributed by atoms with Crippen molar-refractivity contribution in [3.63, 3.8) is 0 Å². The van der Waals surface area contributed by atoms with E-state index in [2.05, 4.69) is 0 Å². The maximum Gasteiger partial charge on any atom is 0.309 e. The Morgan fingerprint density at radius 3 is 2.20 bits per heavy atom. The highest BCUT2D eigenvalue weighted by Crippen LogP contribution is 2.27. The molecular formula is C13H19NO6. The summed E-state index contributed by atoms with van der Waals surface area (Å²) in [6.45, 7) is 2.11. The van der Waals surface area contributed by atoms with Crippen LogP contribution in [-0.4, -0.2) is 58.3 Å². The molecule has 0 saturated carbocycles. The Hall–Kier alpha value is -1.63. The molecule has 4 atom stereocenters. The average molecular weight is 285 g/mol. The number of carboxylic acids is 2. The summed E-state index contributed by atoms with van der Waals surface area (Å²) in [5, 5.41) is 18.2. The molecule has 2 N–H and O–H groups in total. The van der Waals surface area contributed by atoms with Crippen LogP contribution < -0.4 is 0 Å². The van der Waals surface area contributed by atoms with E-state index in [9.17, 15) is 14.4 Å². The van der Waals surface area contributed by atoms with Gasteiger partial charge in [-0.15, -0.1) is 0 Å². The zero-order valence-corrected chi connectivity index (χ0v) is 11.3. The Balaban J connectivity index is 2.03. The summed E-state index contributed by atoms with van der Waals surface area (Å²) in [7, 11) is 0. The molecule has 2 rings (SSSR count). The Labute approximate surface area is 116 Å². The first-order valence-electron chi connectivity index (χ1n) is 6.80. The normalized spacial score (nSPS) is 34.0. The maximum absolute atomic E-state index is 12.3. The Kier molecular flexibility index (Phi) is 4.27. The van der Waals surface area contributed by atoms with Crippen LogP contribution in [0, 0.1) is 11.8 Å². The molecule has 0 bridgehead atoms. The number of carbonyl (C=O) groups is 3. The molecule has 2 fully saturated rings. The van der Waals surface area contributed by atoms with Crippen molar-refractivity contribution in [1.82, 2.24) is 4.90 Å². The lowest BCUT2D eigenvalue weighted by atomic mass is 9.85. The van der Waals surface area contributed by atoms with Crippen molar-refractivity contribution in [3.05, 3.63) is 0 Å².